The highest BCUT2D eigenvalue weighted by atomic mass is 32.2. The van der Waals surface area contributed by atoms with Gasteiger partial charge in [-0.3, -0.25) is 14.4 Å². The maximum Gasteiger partial charge on any atom is 0.339 e. The topological polar surface area (TPSA) is 205 Å². The molecule has 37 heavy (non-hydrogen) atoms. The van der Waals surface area contributed by atoms with Crippen molar-refractivity contribution in [2.24, 2.45) is 5.14 Å². The van der Waals surface area contributed by atoms with Gasteiger partial charge in [0.05, 0.1) is 23.9 Å². The van der Waals surface area contributed by atoms with Gasteiger partial charge in [-0.1, -0.05) is 17.3 Å². The van der Waals surface area contributed by atoms with Crippen molar-refractivity contribution in [3.8, 4) is 11.3 Å². The fourth-order valence-electron chi connectivity index (χ4n) is 3.75. The van der Waals surface area contributed by atoms with E-state index in [2.05, 4.69) is 10.3 Å². The van der Waals surface area contributed by atoms with Gasteiger partial charge in [-0.05, 0) is 12.1 Å². The minimum Gasteiger partial charge on any atom is -0.467 e. The maximum atomic E-state index is 12.6. The van der Waals surface area contributed by atoms with Crippen LogP contribution in [0.5, 0.6) is 0 Å². The minimum atomic E-state index is -3.96. The molecule has 1 aromatic heterocycles. The second-order valence-corrected chi connectivity index (χ2v) is 9.39. The van der Waals surface area contributed by atoms with Crippen molar-refractivity contribution in [1.29, 1.82) is 0 Å². The molecule has 0 saturated carbocycles. The number of hydrogen-bond acceptors (Lipinski definition) is 13. The number of aromatic nitrogens is 3. The normalized spacial score (nSPS) is 23.5. The van der Waals surface area contributed by atoms with Crippen LogP contribution in [-0.4, -0.2) is 78.8 Å². The molecule has 2 aromatic rings. The second-order valence-electron chi connectivity index (χ2n) is 7.83. The Hall–Kier alpha value is -3.89. The first-order valence-electron chi connectivity index (χ1n) is 10.6. The summed E-state index contributed by atoms with van der Waals surface area (Å²) in [6.45, 7) is 3.22. The van der Waals surface area contributed by atoms with Crippen molar-refractivity contribution in [3.63, 3.8) is 0 Å². The van der Waals surface area contributed by atoms with Gasteiger partial charge in [0.25, 0.3) is 0 Å². The van der Waals surface area contributed by atoms with E-state index in [0.717, 1.165) is 32.6 Å². The summed E-state index contributed by atoms with van der Waals surface area (Å²) in [4.78, 5) is 48.3. The van der Waals surface area contributed by atoms with Crippen molar-refractivity contribution in [2.45, 2.75) is 56.3 Å². The van der Waals surface area contributed by atoms with Gasteiger partial charge in [0.2, 0.25) is 10.0 Å². The fourth-order valence-corrected chi connectivity index (χ4v) is 4.26. The molecule has 5 atom stereocenters. The third-order valence-corrected chi connectivity index (χ3v) is 6.08. The van der Waals surface area contributed by atoms with Crippen molar-refractivity contribution in [3.05, 3.63) is 30.5 Å². The fraction of sp³-hybridized carbons (Fsp3) is 0.429. The summed E-state index contributed by atoms with van der Waals surface area (Å²) in [6, 6.07) is 5.34. The molecule has 1 aliphatic rings. The summed E-state index contributed by atoms with van der Waals surface area (Å²) in [5, 5.41) is 13.0. The number of hydrogen-bond donors (Lipinski definition) is 1. The van der Waals surface area contributed by atoms with E-state index in [0.29, 0.717) is 5.56 Å². The zero-order valence-corrected chi connectivity index (χ0v) is 20.9. The van der Waals surface area contributed by atoms with E-state index < -0.39 is 64.5 Å². The summed E-state index contributed by atoms with van der Waals surface area (Å²) in [5.41, 5.74) is 0.627. The molecule has 1 saturated heterocycles. The molecule has 2 heterocycles. The van der Waals surface area contributed by atoms with Crippen molar-refractivity contribution in [2.75, 3.05) is 7.11 Å². The molecule has 15 nitrogen and oxygen atoms in total. The molecule has 1 fully saturated rings. The van der Waals surface area contributed by atoms with Crippen LogP contribution in [0.1, 0.15) is 27.0 Å². The highest BCUT2D eigenvalue weighted by molar-refractivity contribution is 7.89. The Kier molecular flexibility index (Phi) is 8.25. The minimum absolute atomic E-state index is 0.146. The van der Waals surface area contributed by atoms with Crippen LogP contribution in [-0.2, 0) is 52.9 Å². The van der Waals surface area contributed by atoms with Gasteiger partial charge in [0.15, 0.2) is 30.6 Å². The van der Waals surface area contributed by atoms with Crippen molar-refractivity contribution >= 4 is 33.9 Å². The zero-order valence-electron chi connectivity index (χ0n) is 20.1. The third kappa shape index (κ3) is 6.28. The predicted molar refractivity (Wildman–Crippen MR) is 119 cm³/mol. The number of nitrogens with zero attached hydrogens (tertiary/aromatic N) is 3. The Labute approximate surface area is 210 Å². The lowest BCUT2D eigenvalue weighted by molar-refractivity contribution is -0.265. The third-order valence-electron chi connectivity index (χ3n) is 5.15. The van der Waals surface area contributed by atoms with Gasteiger partial charge in [0, 0.05) is 26.3 Å². The van der Waals surface area contributed by atoms with Crippen LogP contribution in [0.3, 0.4) is 0 Å². The van der Waals surface area contributed by atoms with Gasteiger partial charge in [-0.25, -0.2) is 23.0 Å². The molecule has 0 amide bonds. The summed E-state index contributed by atoms with van der Waals surface area (Å²) >= 11 is 0. The maximum absolute atomic E-state index is 12.6. The average molecular weight is 541 g/mol. The number of methoxy groups -OCH3 is 1. The number of esters is 4. The number of carbonyl (C=O) groups excluding carboxylic acids is 4. The van der Waals surface area contributed by atoms with Crippen LogP contribution in [0.4, 0.5) is 0 Å². The van der Waals surface area contributed by atoms with E-state index in [9.17, 15) is 27.6 Å². The van der Waals surface area contributed by atoms with Crippen LogP contribution < -0.4 is 5.14 Å². The van der Waals surface area contributed by atoms with Gasteiger partial charge in [0.1, 0.15) is 0 Å². The van der Waals surface area contributed by atoms with Crippen LogP contribution in [0.2, 0.25) is 0 Å². The van der Waals surface area contributed by atoms with Gasteiger partial charge >= 0.3 is 23.9 Å². The smallest absolute Gasteiger partial charge is 0.339 e. The summed E-state index contributed by atoms with van der Waals surface area (Å²) in [5.74, 6) is -3.46. The average Bonchev–Trinajstić information content (AvgIpc) is 3.29. The van der Waals surface area contributed by atoms with E-state index in [1.807, 2.05) is 0 Å². The van der Waals surface area contributed by atoms with E-state index in [4.69, 9.17) is 28.8 Å². The van der Waals surface area contributed by atoms with Gasteiger partial charge in [-0.15, -0.1) is 5.10 Å². The molecule has 0 spiro atoms. The van der Waals surface area contributed by atoms with Crippen LogP contribution in [0.15, 0.2) is 35.4 Å². The molecule has 200 valence electrons. The number of carbonyl (C=O) groups is 4. The molecule has 0 radical (unpaired) electrons. The molecule has 0 bridgehead atoms. The zero-order chi connectivity index (χ0) is 27.5. The van der Waals surface area contributed by atoms with E-state index in [1.165, 1.54) is 30.5 Å². The summed E-state index contributed by atoms with van der Waals surface area (Å²) in [6.07, 6.45) is -6.32. The highest BCUT2D eigenvalue weighted by Crippen LogP contribution is 2.36. The summed E-state index contributed by atoms with van der Waals surface area (Å²) < 4.78 is 51.0. The lowest BCUT2D eigenvalue weighted by Crippen LogP contribution is -2.61. The molecule has 1 aromatic carbocycles. The Morgan fingerprint density at radius 3 is 1.97 bits per heavy atom. The molecule has 2 N–H and O–H groups in total. The van der Waals surface area contributed by atoms with E-state index >= 15 is 0 Å². The first-order valence-corrected chi connectivity index (χ1v) is 12.2. The summed E-state index contributed by atoms with van der Waals surface area (Å²) in [7, 11) is -2.89. The monoisotopic (exact) mass is 540 g/mol. The first-order chi connectivity index (χ1) is 17.3. The molecule has 1 aliphatic heterocycles. The van der Waals surface area contributed by atoms with E-state index in [-0.39, 0.29) is 10.6 Å². The molecular weight excluding hydrogens is 516 g/mol. The van der Waals surface area contributed by atoms with Crippen LogP contribution >= 0.6 is 0 Å². The number of primary sulfonamides is 1. The number of benzene rings is 1. The number of ether oxygens (including phenoxy) is 5. The van der Waals surface area contributed by atoms with Gasteiger partial charge in [-0.2, -0.15) is 0 Å². The SMILES string of the molecule is COC(=O)[C@H]1O[C@@H](n2nncc2-c2ccc(S(N)(=O)=O)cc2)[C@H](OC(C)=O)[C@@H](OC(C)=O)[C@@H]1OC(C)=O. The number of sulfonamides is 1. The highest BCUT2D eigenvalue weighted by Gasteiger charge is 2.56. The Bertz CT molecular complexity index is 1290. The Balaban J connectivity index is 2.15. The quantitative estimate of drug-likeness (QED) is 0.346. The van der Waals surface area contributed by atoms with Crippen molar-refractivity contribution in [1.82, 2.24) is 15.0 Å². The van der Waals surface area contributed by atoms with Gasteiger partial charge < -0.3 is 23.7 Å². The lowest BCUT2D eigenvalue weighted by Gasteiger charge is -2.43. The second kappa shape index (κ2) is 11.0. The van der Waals surface area contributed by atoms with Crippen molar-refractivity contribution < 1.29 is 51.3 Å². The standard InChI is InChI=1S/C21H24N4O11S/c1-10(26)33-16-17(34-11(2)27)19(21(29)32-4)36-20(18(16)35-12(3)28)25-15(9-23-24-25)13-5-7-14(8-6-13)37(22,30)31/h5-9,16-20H,1-4H3,(H2,22,30,31)/t16-,17-,18+,19-,20+/m0/s1. The Morgan fingerprint density at radius 2 is 1.46 bits per heavy atom. The van der Waals surface area contributed by atoms with Crippen LogP contribution in [0, 0.1) is 0 Å². The molecule has 0 aliphatic carbocycles. The lowest BCUT2D eigenvalue weighted by atomic mass is 9.96. The van der Waals surface area contributed by atoms with E-state index in [1.54, 1.807) is 0 Å². The number of nitrogens with two attached hydrogens (primary N) is 1. The van der Waals surface area contributed by atoms with Crippen LogP contribution in [0.25, 0.3) is 11.3 Å². The molecule has 16 heteroatoms. The predicted octanol–water partition coefficient (Wildman–Crippen LogP) is -0.542. The Morgan fingerprint density at radius 1 is 0.919 bits per heavy atom. The number of rotatable bonds is 7. The first kappa shape index (κ1) is 27.7. The molecule has 0 unspecified atom stereocenters. The molecular formula is C21H24N4O11S. The molecule has 3 rings (SSSR count). The largest absolute Gasteiger partial charge is 0.467 e.